The first-order chi connectivity index (χ1) is 33.0. The van der Waals surface area contributed by atoms with Gasteiger partial charge < -0.3 is 73.8 Å². The third-order valence-corrected chi connectivity index (χ3v) is 10.0. The monoisotopic (exact) mass is 965 g/mol. The number of hydrogen-bond donors (Lipinski definition) is 4. The maximum atomic E-state index is 12.9. The molecular weight excluding hydrogens is 869 g/mol. The number of carbonyl (C=O) groups is 3. The molecule has 0 spiro atoms. The Balaban J connectivity index is 3.65. The van der Waals surface area contributed by atoms with Gasteiger partial charge in [0.2, 0.25) is 17.7 Å². The summed E-state index contributed by atoms with van der Waals surface area (Å²) in [7, 11) is 1.64. The minimum Gasteiger partial charge on any atom is -0.382 e. The molecule has 0 aliphatic carbocycles. The van der Waals surface area contributed by atoms with Crippen LogP contribution in [0.4, 0.5) is 0 Å². The molecule has 1 unspecified atom stereocenters. The lowest BCUT2D eigenvalue weighted by Gasteiger charge is -2.19. The average molecular weight is 965 g/mol. The summed E-state index contributed by atoms with van der Waals surface area (Å²) >= 11 is 0. The third kappa shape index (κ3) is 52.9. The Morgan fingerprint density at radius 2 is 0.836 bits per heavy atom. The van der Waals surface area contributed by atoms with Gasteiger partial charge in [-0.25, -0.2) is 0 Å². The lowest BCUT2D eigenvalue weighted by molar-refractivity contribution is -0.130. The van der Waals surface area contributed by atoms with Crippen molar-refractivity contribution in [2.45, 2.75) is 122 Å². The number of amides is 3. The predicted octanol–water partition coefficient (Wildman–Crippen LogP) is 4.68. The molecule has 0 aliphatic heterocycles. The Hall–Kier alpha value is -2.33. The quantitative estimate of drug-likeness (QED) is 0.0481. The molecule has 0 heterocycles. The molecule has 67 heavy (non-hydrogen) atoms. The fraction of sp³-hybridized carbons (Fsp3) is 0.898. The van der Waals surface area contributed by atoms with Crippen LogP contribution >= 0.6 is 0 Å². The summed E-state index contributed by atoms with van der Waals surface area (Å²) < 4.78 is 59.7. The van der Waals surface area contributed by atoms with Crippen molar-refractivity contribution in [1.29, 1.82) is 0 Å². The Labute approximate surface area is 404 Å². The van der Waals surface area contributed by atoms with Gasteiger partial charge in [-0.3, -0.25) is 14.4 Å². The highest BCUT2D eigenvalue weighted by Crippen LogP contribution is 2.10. The molecule has 18 heteroatoms. The minimum absolute atomic E-state index is 0.153. The maximum absolute atomic E-state index is 12.9. The second-order valence-electron chi connectivity index (χ2n) is 15.9. The van der Waals surface area contributed by atoms with Gasteiger partial charge in [0, 0.05) is 20.1 Å². The second-order valence-corrected chi connectivity index (χ2v) is 15.9. The molecule has 18 nitrogen and oxygen atoms in total. The van der Waals surface area contributed by atoms with Gasteiger partial charge >= 0.3 is 0 Å². The van der Waals surface area contributed by atoms with Crippen molar-refractivity contribution in [3.05, 3.63) is 12.2 Å². The Morgan fingerprint density at radius 3 is 1.25 bits per heavy atom. The number of unbranched alkanes of at least 4 members (excludes halogenated alkanes) is 12. The first-order valence-corrected chi connectivity index (χ1v) is 25.5. The fourth-order valence-electron chi connectivity index (χ4n) is 6.22. The molecule has 0 bridgehead atoms. The topological polar surface area (TPSA) is 215 Å². The number of ether oxygens (including phenoxy) is 11. The Morgan fingerprint density at radius 1 is 0.448 bits per heavy atom. The van der Waals surface area contributed by atoms with Crippen LogP contribution in [-0.4, -0.2) is 189 Å². The zero-order chi connectivity index (χ0) is 48.6. The number of allylic oxidation sites excluding steroid dienone is 2. The molecule has 5 N–H and O–H groups in total. The van der Waals surface area contributed by atoms with Crippen LogP contribution in [0.1, 0.15) is 116 Å². The molecule has 0 radical (unpaired) electrons. The van der Waals surface area contributed by atoms with Crippen LogP contribution in [0.5, 0.6) is 0 Å². The zero-order valence-electron chi connectivity index (χ0n) is 42.0. The first kappa shape index (κ1) is 64.7. The van der Waals surface area contributed by atoms with Crippen molar-refractivity contribution < 1.29 is 66.5 Å². The number of methoxy groups -OCH3 is 1. The van der Waals surface area contributed by atoms with Crippen LogP contribution in [0.3, 0.4) is 0 Å². The van der Waals surface area contributed by atoms with Crippen LogP contribution in [0.2, 0.25) is 0 Å². The summed E-state index contributed by atoms with van der Waals surface area (Å²) in [5.41, 5.74) is 5.64. The lowest BCUT2D eigenvalue weighted by atomic mass is 10.1. The van der Waals surface area contributed by atoms with E-state index in [0.29, 0.717) is 165 Å². The van der Waals surface area contributed by atoms with Crippen molar-refractivity contribution in [2.24, 2.45) is 5.73 Å². The normalized spacial score (nSPS) is 12.0. The highest BCUT2D eigenvalue weighted by atomic mass is 16.6. The van der Waals surface area contributed by atoms with Crippen molar-refractivity contribution >= 4 is 17.7 Å². The van der Waals surface area contributed by atoms with Gasteiger partial charge in [-0.15, -0.1) is 0 Å². The van der Waals surface area contributed by atoms with Gasteiger partial charge in [-0.2, -0.15) is 0 Å². The van der Waals surface area contributed by atoms with E-state index in [1.165, 1.54) is 51.4 Å². The molecule has 3 amide bonds. The van der Waals surface area contributed by atoms with Gasteiger partial charge in [0.15, 0.2) is 0 Å². The van der Waals surface area contributed by atoms with E-state index in [0.717, 1.165) is 38.5 Å². The third-order valence-electron chi connectivity index (χ3n) is 10.0. The molecule has 0 aliphatic rings. The largest absolute Gasteiger partial charge is 0.382 e. The molecule has 0 rings (SSSR count). The molecule has 0 saturated heterocycles. The SMILES string of the molecule is CCCCCCCCC=CCCCCCCCC(=O)NCC(=O)NC(CCCCN)C(=O)NCCOCCOCCOCCOCCOCCOCCOCCOCCOCCOCCOC. The zero-order valence-corrected chi connectivity index (χ0v) is 42.0. The van der Waals surface area contributed by atoms with Crippen LogP contribution in [0.25, 0.3) is 0 Å². The van der Waals surface area contributed by atoms with E-state index < -0.39 is 11.9 Å². The summed E-state index contributed by atoms with van der Waals surface area (Å²) in [4.78, 5) is 37.8. The van der Waals surface area contributed by atoms with Crippen LogP contribution in [0.15, 0.2) is 12.2 Å². The second kappa shape index (κ2) is 56.3. The van der Waals surface area contributed by atoms with Crippen LogP contribution in [-0.2, 0) is 66.5 Å². The molecule has 396 valence electrons. The maximum Gasteiger partial charge on any atom is 0.242 e. The molecule has 0 aromatic rings. The number of carbonyl (C=O) groups excluding carboxylic acids is 3. The fourth-order valence-corrected chi connectivity index (χ4v) is 6.22. The van der Waals surface area contributed by atoms with E-state index in [1.807, 2.05) is 0 Å². The van der Waals surface area contributed by atoms with Crippen LogP contribution in [0, 0.1) is 0 Å². The molecule has 0 fully saturated rings. The van der Waals surface area contributed by atoms with E-state index in [2.05, 4.69) is 35.0 Å². The average Bonchev–Trinajstić information content (AvgIpc) is 3.33. The lowest BCUT2D eigenvalue weighted by Crippen LogP contribution is -2.50. The van der Waals surface area contributed by atoms with Gasteiger partial charge in [-0.05, 0) is 57.9 Å². The molecule has 0 aromatic heterocycles. The standard InChI is InChI=1S/C49H96N4O14/c1-3-4-5-6-7-8-9-10-11-12-13-14-15-16-17-21-47(54)52-45-48(55)53-46(20-18-19-22-50)49(56)51-23-24-58-27-28-60-31-32-62-35-36-64-39-40-66-43-44-67-42-41-65-38-37-63-34-33-61-30-29-59-26-25-57-2/h10-11,46H,3-9,12-45,50H2,1-2H3,(H,51,56)(H,52,54)(H,53,55). The highest BCUT2D eigenvalue weighted by molar-refractivity contribution is 5.90. The van der Waals surface area contributed by atoms with Crippen molar-refractivity contribution in [3.63, 3.8) is 0 Å². The van der Waals surface area contributed by atoms with E-state index in [4.69, 9.17) is 57.8 Å². The Kier molecular flexibility index (Phi) is 54.3. The summed E-state index contributed by atoms with van der Waals surface area (Å²) in [5, 5.41) is 8.28. The van der Waals surface area contributed by atoms with Crippen LogP contribution < -0.4 is 21.7 Å². The highest BCUT2D eigenvalue weighted by Gasteiger charge is 2.20. The molecular formula is C49H96N4O14. The number of nitrogens with one attached hydrogen (secondary N) is 3. The van der Waals surface area contributed by atoms with Gasteiger partial charge in [-0.1, -0.05) is 70.4 Å². The molecule has 1 atom stereocenters. The van der Waals surface area contributed by atoms with Crippen molar-refractivity contribution in [1.82, 2.24) is 16.0 Å². The number of rotatable bonds is 56. The molecule has 0 saturated carbocycles. The van der Waals surface area contributed by atoms with Crippen molar-refractivity contribution in [3.8, 4) is 0 Å². The van der Waals surface area contributed by atoms with Gasteiger partial charge in [0.05, 0.1) is 145 Å². The summed E-state index contributed by atoms with van der Waals surface area (Å²) in [5.74, 6) is -0.846. The van der Waals surface area contributed by atoms with E-state index in [9.17, 15) is 14.4 Å². The Bertz CT molecular complexity index is 1080. The molecule has 0 aromatic carbocycles. The predicted molar refractivity (Wildman–Crippen MR) is 260 cm³/mol. The summed E-state index contributed by atoms with van der Waals surface area (Å²) in [6.07, 6.45) is 22.5. The van der Waals surface area contributed by atoms with E-state index >= 15 is 0 Å². The van der Waals surface area contributed by atoms with Gasteiger partial charge in [0.25, 0.3) is 0 Å². The van der Waals surface area contributed by atoms with E-state index in [-0.39, 0.29) is 24.9 Å². The van der Waals surface area contributed by atoms with Crippen molar-refractivity contribution in [2.75, 3.05) is 165 Å². The summed E-state index contributed by atoms with van der Waals surface area (Å²) in [6, 6.07) is -0.718. The first-order valence-electron chi connectivity index (χ1n) is 25.5. The number of hydrogen-bond acceptors (Lipinski definition) is 15. The van der Waals surface area contributed by atoms with Gasteiger partial charge in [0.1, 0.15) is 6.04 Å². The number of nitrogens with two attached hydrogens (primary N) is 1. The summed E-state index contributed by atoms with van der Waals surface area (Å²) in [6.45, 7) is 12.9. The minimum atomic E-state index is -0.718. The smallest absolute Gasteiger partial charge is 0.242 e. The van der Waals surface area contributed by atoms with E-state index in [1.54, 1.807) is 7.11 Å².